The zero-order valence-corrected chi connectivity index (χ0v) is 16.8. The standard InChI is InChI=1S/C27H23NO2/c1-2-20-10-9-15-23(18-20)27(21-11-5-3-6-12-21,22-13-7-4-8-14-22)24-16-17-25(26(29)30)28-19-24/h3-19H,2H2,1H3,(H,29,30). The number of carboxylic acids is 1. The Morgan fingerprint density at radius 1 is 0.767 bits per heavy atom. The molecule has 0 spiro atoms. The first-order chi connectivity index (χ1) is 14.7. The van der Waals surface area contributed by atoms with Crippen molar-refractivity contribution < 1.29 is 9.90 Å². The van der Waals surface area contributed by atoms with Crippen LogP contribution in [0.3, 0.4) is 0 Å². The third-order valence-electron chi connectivity index (χ3n) is 5.60. The zero-order chi connectivity index (χ0) is 21.0. The molecule has 3 aromatic carbocycles. The minimum absolute atomic E-state index is 0.0380. The topological polar surface area (TPSA) is 50.2 Å². The Hall–Kier alpha value is -3.72. The summed E-state index contributed by atoms with van der Waals surface area (Å²) in [4.78, 5) is 15.7. The Balaban J connectivity index is 2.10. The molecule has 0 aliphatic rings. The van der Waals surface area contributed by atoms with Gasteiger partial charge >= 0.3 is 5.97 Å². The molecule has 0 saturated heterocycles. The van der Waals surface area contributed by atoms with Crippen LogP contribution < -0.4 is 0 Å². The molecule has 0 atom stereocenters. The number of aromatic nitrogens is 1. The molecule has 0 aliphatic heterocycles. The fourth-order valence-corrected chi connectivity index (χ4v) is 4.14. The summed E-state index contributed by atoms with van der Waals surface area (Å²) in [5.74, 6) is -1.03. The van der Waals surface area contributed by atoms with E-state index in [9.17, 15) is 9.90 Å². The van der Waals surface area contributed by atoms with Crippen LogP contribution in [0.2, 0.25) is 0 Å². The molecule has 0 aliphatic carbocycles. The van der Waals surface area contributed by atoms with Crippen molar-refractivity contribution in [1.82, 2.24) is 4.98 Å². The molecule has 0 unspecified atom stereocenters. The molecule has 3 heteroatoms. The number of carbonyl (C=O) groups is 1. The van der Waals surface area contributed by atoms with Gasteiger partial charge < -0.3 is 5.11 Å². The Morgan fingerprint density at radius 3 is 1.87 bits per heavy atom. The maximum Gasteiger partial charge on any atom is 0.354 e. The molecule has 148 valence electrons. The average Bonchev–Trinajstić information content (AvgIpc) is 2.81. The van der Waals surface area contributed by atoms with Gasteiger partial charge in [-0.2, -0.15) is 0 Å². The van der Waals surface area contributed by atoms with Crippen molar-refractivity contribution in [2.24, 2.45) is 0 Å². The molecular formula is C27H23NO2. The van der Waals surface area contributed by atoms with Crippen molar-refractivity contribution >= 4 is 5.97 Å². The van der Waals surface area contributed by atoms with Gasteiger partial charge in [-0.1, -0.05) is 97.9 Å². The Labute approximate surface area is 176 Å². The number of pyridine rings is 1. The molecule has 30 heavy (non-hydrogen) atoms. The highest BCUT2D eigenvalue weighted by Crippen LogP contribution is 2.45. The second-order valence-electron chi connectivity index (χ2n) is 7.27. The predicted octanol–water partition coefficient (Wildman–Crippen LogP) is 5.72. The molecule has 1 aromatic heterocycles. The second kappa shape index (κ2) is 8.34. The summed E-state index contributed by atoms with van der Waals surface area (Å²) in [6.45, 7) is 2.15. The van der Waals surface area contributed by atoms with Crippen LogP contribution in [-0.2, 0) is 11.8 Å². The summed E-state index contributed by atoms with van der Waals surface area (Å²) < 4.78 is 0. The monoisotopic (exact) mass is 393 g/mol. The molecule has 1 N–H and O–H groups in total. The largest absolute Gasteiger partial charge is 0.477 e. The van der Waals surface area contributed by atoms with Crippen LogP contribution in [0.5, 0.6) is 0 Å². The number of carboxylic acid groups (broad SMARTS) is 1. The number of rotatable bonds is 6. The van der Waals surface area contributed by atoms with Crippen molar-refractivity contribution in [2.45, 2.75) is 18.8 Å². The van der Waals surface area contributed by atoms with E-state index in [4.69, 9.17) is 0 Å². The highest BCUT2D eigenvalue weighted by molar-refractivity contribution is 5.85. The maximum absolute atomic E-state index is 11.4. The van der Waals surface area contributed by atoms with Gasteiger partial charge in [-0.25, -0.2) is 9.78 Å². The van der Waals surface area contributed by atoms with Crippen molar-refractivity contribution in [3.63, 3.8) is 0 Å². The van der Waals surface area contributed by atoms with Crippen LogP contribution in [-0.4, -0.2) is 16.1 Å². The number of aryl methyl sites for hydroxylation is 1. The molecule has 0 radical (unpaired) electrons. The zero-order valence-electron chi connectivity index (χ0n) is 16.8. The summed E-state index contributed by atoms with van der Waals surface area (Å²) >= 11 is 0. The van der Waals surface area contributed by atoms with Gasteiger partial charge in [-0.15, -0.1) is 0 Å². The van der Waals surface area contributed by atoms with Crippen LogP contribution in [0.25, 0.3) is 0 Å². The lowest BCUT2D eigenvalue weighted by molar-refractivity contribution is 0.0690. The normalized spacial score (nSPS) is 11.2. The first kappa shape index (κ1) is 19.6. The van der Waals surface area contributed by atoms with Crippen LogP contribution in [0.15, 0.2) is 103 Å². The number of hydrogen-bond acceptors (Lipinski definition) is 2. The van der Waals surface area contributed by atoms with Crippen molar-refractivity contribution in [3.8, 4) is 0 Å². The number of aromatic carboxylic acids is 1. The van der Waals surface area contributed by atoms with Gasteiger partial charge in [0.05, 0.1) is 5.41 Å². The van der Waals surface area contributed by atoms with Gasteiger partial charge in [0.1, 0.15) is 5.69 Å². The lowest BCUT2D eigenvalue weighted by Gasteiger charge is -2.36. The highest BCUT2D eigenvalue weighted by Gasteiger charge is 2.38. The van der Waals surface area contributed by atoms with E-state index in [2.05, 4.69) is 60.4 Å². The maximum atomic E-state index is 11.4. The highest BCUT2D eigenvalue weighted by atomic mass is 16.4. The van der Waals surface area contributed by atoms with Gasteiger partial charge in [0.2, 0.25) is 0 Å². The molecule has 4 rings (SSSR count). The molecule has 1 heterocycles. The Morgan fingerprint density at radius 2 is 1.37 bits per heavy atom. The van der Waals surface area contributed by atoms with Crippen molar-refractivity contribution in [1.29, 1.82) is 0 Å². The summed E-state index contributed by atoms with van der Waals surface area (Å²) in [5.41, 5.74) is 4.94. The molecule has 0 saturated carbocycles. The Kier molecular flexibility index (Phi) is 5.44. The fourth-order valence-electron chi connectivity index (χ4n) is 4.14. The second-order valence-corrected chi connectivity index (χ2v) is 7.27. The van der Waals surface area contributed by atoms with Crippen molar-refractivity contribution in [3.05, 3.63) is 137 Å². The fraction of sp³-hybridized carbons (Fsp3) is 0.111. The number of hydrogen-bond donors (Lipinski definition) is 1. The van der Waals surface area contributed by atoms with E-state index in [0.717, 1.165) is 28.7 Å². The molecule has 0 fully saturated rings. The molecule has 0 amide bonds. The van der Waals surface area contributed by atoms with E-state index in [1.165, 1.54) is 5.56 Å². The number of nitrogens with zero attached hydrogens (tertiary/aromatic N) is 1. The van der Waals surface area contributed by atoms with Gasteiger partial charge in [0.25, 0.3) is 0 Å². The summed E-state index contributed by atoms with van der Waals surface area (Å²) in [5, 5.41) is 9.34. The third-order valence-corrected chi connectivity index (χ3v) is 5.60. The lowest BCUT2D eigenvalue weighted by atomic mass is 9.65. The summed E-state index contributed by atoms with van der Waals surface area (Å²) in [7, 11) is 0. The summed E-state index contributed by atoms with van der Waals surface area (Å²) in [6, 6.07) is 32.7. The molecule has 0 bridgehead atoms. The van der Waals surface area contributed by atoms with Crippen LogP contribution >= 0.6 is 0 Å². The van der Waals surface area contributed by atoms with Crippen molar-refractivity contribution in [2.75, 3.05) is 0 Å². The van der Waals surface area contributed by atoms with E-state index in [-0.39, 0.29) is 5.69 Å². The minimum atomic E-state index is -1.03. The van der Waals surface area contributed by atoms with E-state index >= 15 is 0 Å². The van der Waals surface area contributed by atoms with E-state index in [1.54, 1.807) is 12.3 Å². The van der Waals surface area contributed by atoms with Gasteiger partial charge in [0.15, 0.2) is 0 Å². The van der Waals surface area contributed by atoms with Gasteiger partial charge in [-0.3, -0.25) is 0 Å². The summed E-state index contributed by atoms with van der Waals surface area (Å²) in [6.07, 6.45) is 2.63. The number of benzene rings is 3. The van der Waals surface area contributed by atoms with Gasteiger partial charge in [0, 0.05) is 6.20 Å². The first-order valence-electron chi connectivity index (χ1n) is 10.1. The van der Waals surface area contributed by atoms with Crippen LogP contribution in [0.1, 0.15) is 45.2 Å². The average molecular weight is 393 g/mol. The SMILES string of the molecule is CCc1cccc(C(c2ccccc2)(c2ccccc2)c2ccc(C(=O)O)nc2)c1. The lowest BCUT2D eigenvalue weighted by Crippen LogP contribution is -2.31. The molecule has 3 nitrogen and oxygen atoms in total. The molecular weight excluding hydrogens is 370 g/mol. The smallest absolute Gasteiger partial charge is 0.354 e. The predicted molar refractivity (Wildman–Crippen MR) is 119 cm³/mol. The van der Waals surface area contributed by atoms with E-state index < -0.39 is 11.4 Å². The van der Waals surface area contributed by atoms with Crippen LogP contribution in [0.4, 0.5) is 0 Å². The quantitative estimate of drug-likeness (QED) is 0.426. The minimum Gasteiger partial charge on any atom is -0.477 e. The van der Waals surface area contributed by atoms with E-state index in [1.807, 2.05) is 42.5 Å². The van der Waals surface area contributed by atoms with Crippen LogP contribution in [0, 0.1) is 0 Å². The molecule has 4 aromatic rings. The van der Waals surface area contributed by atoms with Gasteiger partial charge in [-0.05, 0) is 40.3 Å². The Bertz CT molecular complexity index is 1100. The third kappa shape index (κ3) is 3.39. The van der Waals surface area contributed by atoms with E-state index in [0.29, 0.717) is 0 Å². The first-order valence-corrected chi connectivity index (χ1v) is 10.1.